The van der Waals surface area contributed by atoms with E-state index in [4.69, 9.17) is 4.74 Å². The summed E-state index contributed by atoms with van der Waals surface area (Å²) in [5.41, 5.74) is -0.122. The number of thioether (sulfide) groups is 1. The minimum atomic E-state index is -1.18. The first-order valence-corrected chi connectivity index (χ1v) is 9.27. The van der Waals surface area contributed by atoms with E-state index in [1.165, 1.54) is 0 Å². The molecule has 0 aromatic heterocycles. The lowest BCUT2D eigenvalue weighted by molar-refractivity contribution is -0.141. The van der Waals surface area contributed by atoms with Crippen molar-refractivity contribution in [3.63, 3.8) is 0 Å². The zero-order valence-corrected chi connectivity index (χ0v) is 14.3. The van der Waals surface area contributed by atoms with Crippen LogP contribution in [-0.2, 0) is 4.79 Å². The van der Waals surface area contributed by atoms with E-state index in [9.17, 15) is 9.90 Å². The summed E-state index contributed by atoms with van der Waals surface area (Å²) in [6, 6.07) is 8.00. The van der Waals surface area contributed by atoms with Crippen LogP contribution in [0.15, 0.2) is 24.3 Å². The van der Waals surface area contributed by atoms with Crippen LogP contribution in [0.4, 0.5) is 5.69 Å². The summed E-state index contributed by atoms with van der Waals surface area (Å²) in [6.07, 6.45) is 1.98. The molecule has 1 atom stereocenters. The van der Waals surface area contributed by atoms with Crippen LogP contribution in [0.2, 0.25) is 0 Å². The standard InChI is InChI=1S/C17H24N2O3S/c1-22-15-5-3-2-4-14(15)19-9-6-13(12-19)18-16(20)17(21)7-10-23-11-8-17/h2-5,13,21H,6-12H2,1H3,(H,18,20). The number of para-hydroxylation sites is 2. The van der Waals surface area contributed by atoms with Gasteiger partial charge in [-0.3, -0.25) is 4.79 Å². The smallest absolute Gasteiger partial charge is 0.252 e. The molecule has 0 bridgehead atoms. The molecule has 0 spiro atoms. The van der Waals surface area contributed by atoms with Crippen molar-refractivity contribution in [1.82, 2.24) is 5.32 Å². The Hall–Kier alpha value is -1.40. The van der Waals surface area contributed by atoms with Crippen LogP contribution in [0.25, 0.3) is 0 Å². The van der Waals surface area contributed by atoms with Gasteiger partial charge < -0.3 is 20.1 Å². The number of nitrogens with zero attached hydrogens (tertiary/aromatic N) is 1. The lowest BCUT2D eigenvalue weighted by Gasteiger charge is -2.31. The van der Waals surface area contributed by atoms with Crippen molar-refractivity contribution >= 4 is 23.4 Å². The van der Waals surface area contributed by atoms with Gasteiger partial charge in [0.1, 0.15) is 11.4 Å². The van der Waals surface area contributed by atoms with Crippen molar-refractivity contribution in [3.8, 4) is 5.75 Å². The number of hydrogen-bond donors (Lipinski definition) is 2. The molecule has 0 saturated carbocycles. The van der Waals surface area contributed by atoms with Gasteiger partial charge in [-0.2, -0.15) is 11.8 Å². The number of amides is 1. The lowest BCUT2D eigenvalue weighted by Crippen LogP contribution is -2.52. The van der Waals surface area contributed by atoms with Gasteiger partial charge >= 0.3 is 0 Å². The topological polar surface area (TPSA) is 61.8 Å². The molecule has 1 unspecified atom stereocenters. The Morgan fingerprint density at radius 2 is 2.13 bits per heavy atom. The van der Waals surface area contributed by atoms with E-state index < -0.39 is 5.60 Å². The third kappa shape index (κ3) is 3.58. The number of aliphatic hydroxyl groups is 1. The number of ether oxygens (including phenoxy) is 1. The predicted molar refractivity (Wildman–Crippen MR) is 93.3 cm³/mol. The summed E-state index contributed by atoms with van der Waals surface area (Å²) in [5, 5.41) is 13.6. The first kappa shape index (κ1) is 16.5. The van der Waals surface area contributed by atoms with E-state index in [0.717, 1.165) is 42.5 Å². The summed E-state index contributed by atoms with van der Waals surface area (Å²) >= 11 is 1.80. The summed E-state index contributed by atoms with van der Waals surface area (Å²) in [6.45, 7) is 1.62. The van der Waals surface area contributed by atoms with Crippen LogP contribution in [0.5, 0.6) is 5.75 Å². The molecule has 126 valence electrons. The second-order valence-corrected chi connectivity index (χ2v) is 7.45. The van der Waals surface area contributed by atoms with Crippen molar-refractivity contribution in [2.45, 2.75) is 30.9 Å². The largest absolute Gasteiger partial charge is 0.495 e. The lowest BCUT2D eigenvalue weighted by atomic mass is 9.95. The maximum Gasteiger partial charge on any atom is 0.252 e. The van der Waals surface area contributed by atoms with E-state index in [2.05, 4.69) is 10.2 Å². The molecule has 2 aliphatic rings. The Labute approximate surface area is 141 Å². The number of anilines is 1. The van der Waals surface area contributed by atoms with E-state index in [1.807, 2.05) is 24.3 Å². The minimum Gasteiger partial charge on any atom is -0.495 e. The van der Waals surface area contributed by atoms with Gasteiger partial charge in [-0.15, -0.1) is 0 Å². The van der Waals surface area contributed by atoms with Crippen LogP contribution >= 0.6 is 11.8 Å². The Balaban J connectivity index is 1.60. The highest BCUT2D eigenvalue weighted by molar-refractivity contribution is 7.99. The van der Waals surface area contributed by atoms with Crippen LogP contribution in [0.1, 0.15) is 19.3 Å². The number of carbonyl (C=O) groups excluding carboxylic acids is 1. The van der Waals surface area contributed by atoms with Gasteiger partial charge in [0.15, 0.2) is 0 Å². The molecule has 2 saturated heterocycles. The van der Waals surface area contributed by atoms with Crippen molar-refractivity contribution in [3.05, 3.63) is 24.3 Å². The highest BCUT2D eigenvalue weighted by Crippen LogP contribution is 2.31. The number of rotatable bonds is 4. The van der Waals surface area contributed by atoms with Gasteiger partial charge in [-0.05, 0) is 42.9 Å². The minimum absolute atomic E-state index is 0.0750. The Kier molecular flexibility index (Phi) is 5.02. The number of hydrogen-bond acceptors (Lipinski definition) is 5. The molecule has 5 nitrogen and oxygen atoms in total. The normalized spacial score (nSPS) is 23.6. The van der Waals surface area contributed by atoms with E-state index >= 15 is 0 Å². The van der Waals surface area contributed by atoms with Gasteiger partial charge in [0.2, 0.25) is 0 Å². The van der Waals surface area contributed by atoms with Crippen LogP contribution in [-0.4, -0.2) is 54.4 Å². The van der Waals surface area contributed by atoms with Crippen LogP contribution in [0.3, 0.4) is 0 Å². The third-order valence-corrected chi connectivity index (χ3v) is 5.68. The molecule has 0 aliphatic carbocycles. The number of methoxy groups -OCH3 is 1. The number of carbonyl (C=O) groups is 1. The van der Waals surface area contributed by atoms with Gasteiger partial charge in [0.05, 0.1) is 12.8 Å². The Morgan fingerprint density at radius 3 is 2.87 bits per heavy atom. The molecule has 2 aliphatic heterocycles. The van der Waals surface area contributed by atoms with E-state index in [0.29, 0.717) is 12.8 Å². The summed E-state index contributed by atoms with van der Waals surface area (Å²) in [4.78, 5) is 14.7. The van der Waals surface area contributed by atoms with Crippen molar-refractivity contribution in [2.75, 3.05) is 36.6 Å². The molecule has 0 radical (unpaired) electrons. The maximum atomic E-state index is 12.4. The number of nitrogens with one attached hydrogen (secondary N) is 1. The molecular formula is C17H24N2O3S. The van der Waals surface area contributed by atoms with Gasteiger partial charge in [0.25, 0.3) is 5.91 Å². The second kappa shape index (κ2) is 7.01. The monoisotopic (exact) mass is 336 g/mol. The Morgan fingerprint density at radius 1 is 1.39 bits per heavy atom. The van der Waals surface area contributed by atoms with Crippen LogP contribution in [0, 0.1) is 0 Å². The van der Waals surface area contributed by atoms with Crippen molar-refractivity contribution in [1.29, 1.82) is 0 Å². The molecule has 2 N–H and O–H groups in total. The molecule has 23 heavy (non-hydrogen) atoms. The van der Waals surface area contributed by atoms with Gasteiger partial charge in [-0.1, -0.05) is 12.1 Å². The van der Waals surface area contributed by atoms with E-state index in [1.54, 1.807) is 18.9 Å². The van der Waals surface area contributed by atoms with Gasteiger partial charge in [0, 0.05) is 19.1 Å². The SMILES string of the molecule is COc1ccccc1N1CCC(NC(=O)C2(O)CCSCC2)C1. The Bertz CT molecular complexity index is 561. The van der Waals surface area contributed by atoms with Crippen molar-refractivity contribution < 1.29 is 14.6 Å². The molecule has 1 amide bonds. The van der Waals surface area contributed by atoms with E-state index in [-0.39, 0.29) is 11.9 Å². The predicted octanol–water partition coefficient (Wildman–Crippen LogP) is 1.65. The number of benzene rings is 1. The fourth-order valence-electron chi connectivity index (χ4n) is 3.24. The summed E-state index contributed by atoms with van der Waals surface area (Å²) in [5.74, 6) is 2.34. The average molecular weight is 336 g/mol. The van der Waals surface area contributed by atoms with Gasteiger partial charge in [-0.25, -0.2) is 0 Å². The average Bonchev–Trinajstić information content (AvgIpc) is 3.04. The maximum absolute atomic E-state index is 12.4. The third-order valence-electron chi connectivity index (χ3n) is 4.69. The van der Waals surface area contributed by atoms with Crippen LogP contribution < -0.4 is 15.0 Å². The molecule has 1 aromatic carbocycles. The first-order valence-electron chi connectivity index (χ1n) is 8.11. The summed E-state index contributed by atoms with van der Waals surface area (Å²) in [7, 11) is 1.67. The molecule has 2 heterocycles. The fraction of sp³-hybridized carbons (Fsp3) is 0.588. The zero-order valence-electron chi connectivity index (χ0n) is 13.5. The zero-order chi connectivity index (χ0) is 16.3. The highest BCUT2D eigenvalue weighted by atomic mass is 32.2. The molecule has 3 rings (SSSR count). The van der Waals surface area contributed by atoms with Crippen molar-refractivity contribution in [2.24, 2.45) is 0 Å². The first-order chi connectivity index (χ1) is 11.1. The second-order valence-electron chi connectivity index (χ2n) is 6.22. The highest BCUT2D eigenvalue weighted by Gasteiger charge is 2.39. The molecule has 6 heteroatoms. The molecule has 2 fully saturated rings. The fourth-order valence-corrected chi connectivity index (χ4v) is 4.41. The summed E-state index contributed by atoms with van der Waals surface area (Å²) < 4.78 is 5.41. The quantitative estimate of drug-likeness (QED) is 0.875. The molecular weight excluding hydrogens is 312 g/mol. The molecule has 1 aromatic rings.